The smallest absolute Gasteiger partial charge is 0.283 e. The van der Waals surface area contributed by atoms with E-state index in [0.29, 0.717) is 17.6 Å². The van der Waals surface area contributed by atoms with Crippen molar-refractivity contribution in [2.75, 3.05) is 25.6 Å². The lowest BCUT2D eigenvalue weighted by molar-refractivity contribution is -0.0553. The van der Waals surface area contributed by atoms with E-state index < -0.39 is 0 Å². The summed E-state index contributed by atoms with van der Waals surface area (Å²) in [5.41, 5.74) is 0.447. The maximum atomic E-state index is 12.2. The van der Waals surface area contributed by atoms with Gasteiger partial charge in [0.2, 0.25) is 0 Å². The molecule has 1 atom stereocenters. The number of nitrogens with zero attached hydrogens (tertiary/aromatic N) is 2. The van der Waals surface area contributed by atoms with Gasteiger partial charge in [-0.05, 0) is 42.6 Å². The van der Waals surface area contributed by atoms with Crippen LogP contribution in [0.1, 0.15) is 26.7 Å². The molecule has 1 unspecified atom stereocenters. The number of nitrogens with one attached hydrogen (secondary N) is 1. The summed E-state index contributed by atoms with van der Waals surface area (Å²) in [7, 11) is 1.60. The van der Waals surface area contributed by atoms with E-state index in [1.807, 2.05) is 0 Å². The second-order valence-corrected chi connectivity index (χ2v) is 6.63. The highest BCUT2D eigenvalue weighted by molar-refractivity contribution is 9.10. The number of anilines is 1. The highest BCUT2D eigenvalue weighted by Crippen LogP contribution is 2.27. The van der Waals surface area contributed by atoms with E-state index >= 15 is 0 Å². The zero-order valence-corrected chi connectivity index (χ0v) is 14.3. The maximum absolute atomic E-state index is 12.2. The van der Waals surface area contributed by atoms with Crippen LogP contribution < -0.4 is 10.9 Å². The molecule has 7 heteroatoms. The fourth-order valence-electron chi connectivity index (χ4n) is 2.48. The zero-order valence-electron chi connectivity index (χ0n) is 12.7. The molecular formula is C14H22BrN3O3. The molecule has 2 rings (SSSR count). The van der Waals surface area contributed by atoms with Crippen molar-refractivity contribution in [1.29, 1.82) is 0 Å². The minimum Gasteiger partial charge on any atom is -0.383 e. The molecule has 0 aliphatic carbocycles. The Labute approximate surface area is 132 Å². The summed E-state index contributed by atoms with van der Waals surface area (Å²) in [5, 5.41) is 7.57. The van der Waals surface area contributed by atoms with Crippen molar-refractivity contribution in [2.24, 2.45) is 0 Å². The molecule has 0 saturated carbocycles. The Balaban J connectivity index is 2.10. The van der Waals surface area contributed by atoms with Crippen LogP contribution in [0, 0.1) is 0 Å². The molecule has 1 aromatic rings. The topological polar surface area (TPSA) is 65.4 Å². The van der Waals surface area contributed by atoms with Gasteiger partial charge in [-0.2, -0.15) is 5.10 Å². The summed E-state index contributed by atoms with van der Waals surface area (Å²) >= 11 is 3.37. The van der Waals surface area contributed by atoms with Gasteiger partial charge in [-0.1, -0.05) is 0 Å². The third-order valence-corrected chi connectivity index (χ3v) is 4.32. The maximum Gasteiger partial charge on any atom is 0.283 e. The lowest BCUT2D eigenvalue weighted by Gasteiger charge is -2.36. The fourth-order valence-corrected chi connectivity index (χ4v) is 2.90. The lowest BCUT2D eigenvalue weighted by atomic mass is 9.94. The second kappa shape index (κ2) is 6.89. The average Bonchev–Trinajstić information content (AvgIpc) is 2.42. The molecule has 1 aliphatic rings. The van der Waals surface area contributed by atoms with Crippen molar-refractivity contribution in [2.45, 2.75) is 44.9 Å². The Hall–Kier alpha value is -0.920. The highest BCUT2D eigenvalue weighted by Gasteiger charge is 2.29. The Bertz CT molecular complexity index is 545. The van der Waals surface area contributed by atoms with Crippen LogP contribution in [-0.4, -0.2) is 41.7 Å². The van der Waals surface area contributed by atoms with E-state index in [-0.39, 0.29) is 17.2 Å². The van der Waals surface area contributed by atoms with E-state index in [2.05, 4.69) is 40.2 Å². The van der Waals surface area contributed by atoms with Crippen molar-refractivity contribution in [3.8, 4) is 0 Å². The first kappa shape index (κ1) is 16.5. The summed E-state index contributed by atoms with van der Waals surface area (Å²) in [5.74, 6) is 0. The summed E-state index contributed by atoms with van der Waals surface area (Å²) in [6, 6.07) is 0.279. The SMILES string of the molecule is COCCn1ncc(NC2CCOC(C)(C)C2)c(Br)c1=O. The van der Waals surface area contributed by atoms with E-state index in [0.717, 1.165) is 25.1 Å². The number of methoxy groups -OCH3 is 1. The molecule has 1 N–H and O–H groups in total. The standard InChI is InChI=1S/C14H22BrN3O3/c1-14(2)8-10(4-6-21-14)17-11-9-16-18(5-7-20-3)13(19)12(11)15/h9-10,17H,4-8H2,1-3H3. The number of hydrogen-bond donors (Lipinski definition) is 1. The summed E-state index contributed by atoms with van der Waals surface area (Å²) < 4.78 is 12.6. The van der Waals surface area contributed by atoms with Gasteiger partial charge in [0.05, 0.1) is 30.6 Å². The summed E-state index contributed by atoms with van der Waals surface area (Å²) in [6.45, 7) is 5.78. The fraction of sp³-hybridized carbons (Fsp3) is 0.714. The summed E-state index contributed by atoms with van der Waals surface area (Å²) in [6.07, 6.45) is 3.50. The predicted octanol–water partition coefficient (Wildman–Crippen LogP) is 2.02. The van der Waals surface area contributed by atoms with E-state index in [4.69, 9.17) is 9.47 Å². The van der Waals surface area contributed by atoms with Crippen molar-refractivity contribution in [3.63, 3.8) is 0 Å². The third kappa shape index (κ3) is 4.28. The molecule has 0 amide bonds. The molecule has 0 spiro atoms. The van der Waals surface area contributed by atoms with Crippen molar-refractivity contribution in [1.82, 2.24) is 9.78 Å². The van der Waals surface area contributed by atoms with E-state index in [1.54, 1.807) is 13.3 Å². The molecule has 21 heavy (non-hydrogen) atoms. The van der Waals surface area contributed by atoms with Gasteiger partial charge >= 0.3 is 0 Å². The van der Waals surface area contributed by atoms with Gasteiger partial charge in [0.1, 0.15) is 4.47 Å². The van der Waals surface area contributed by atoms with E-state index in [9.17, 15) is 4.79 Å². The quantitative estimate of drug-likeness (QED) is 0.871. The Morgan fingerprint density at radius 2 is 2.38 bits per heavy atom. The van der Waals surface area contributed by atoms with Crippen LogP contribution in [0.3, 0.4) is 0 Å². The molecule has 118 valence electrons. The van der Waals surface area contributed by atoms with Crippen LogP contribution >= 0.6 is 15.9 Å². The van der Waals surface area contributed by atoms with Crippen LogP contribution in [0.15, 0.2) is 15.5 Å². The highest BCUT2D eigenvalue weighted by atomic mass is 79.9. The monoisotopic (exact) mass is 359 g/mol. The van der Waals surface area contributed by atoms with Gasteiger partial charge in [-0.3, -0.25) is 4.79 Å². The van der Waals surface area contributed by atoms with Gasteiger partial charge < -0.3 is 14.8 Å². The number of rotatable bonds is 5. The van der Waals surface area contributed by atoms with Crippen LogP contribution in [0.2, 0.25) is 0 Å². The van der Waals surface area contributed by atoms with Gasteiger partial charge in [0.15, 0.2) is 0 Å². The predicted molar refractivity (Wildman–Crippen MR) is 84.7 cm³/mol. The molecule has 2 heterocycles. The van der Waals surface area contributed by atoms with Crippen LogP contribution in [0.5, 0.6) is 0 Å². The first-order valence-electron chi connectivity index (χ1n) is 7.08. The number of halogens is 1. The van der Waals surface area contributed by atoms with Crippen molar-refractivity contribution < 1.29 is 9.47 Å². The number of hydrogen-bond acceptors (Lipinski definition) is 5. The first-order valence-corrected chi connectivity index (χ1v) is 7.87. The van der Waals surface area contributed by atoms with E-state index in [1.165, 1.54) is 4.68 Å². The number of aromatic nitrogens is 2. The van der Waals surface area contributed by atoms with Crippen molar-refractivity contribution >= 4 is 21.6 Å². The van der Waals surface area contributed by atoms with Crippen LogP contribution in [-0.2, 0) is 16.0 Å². The molecule has 0 bridgehead atoms. The van der Waals surface area contributed by atoms with Crippen LogP contribution in [0.4, 0.5) is 5.69 Å². The van der Waals surface area contributed by atoms with Gasteiger partial charge in [-0.25, -0.2) is 4.68 Å². The number of ether oxygens (including phenoxy) is 2. The minimum atomic E-state index is -0.150. The Morgan fingerprint density at radius 3 is 3.05 bits per heavy atom. The van der Waals surface area contributed by atoms with Gasteiger partial charge in [0.25, 0.3) is 5.56 Å². The normalized spacial score (nSPS) is 21.2. The molecule has 1 fully saturated rings. The lowest BCUT2D eigenvalue weighted by Crippen LogP contribution is -2.40. The van der Waals surface area contributed by atoms with Gasteiger partial charge in [0, 0.05) is 19.8 Å². The van der Waals surface area contributed by atoms with Crippen molar-refractivity contribution in [3.05, 3.63) is 21.0 Å². The largest absolute Gasteiger partial charge is 0.383 e. The summed E-state index contributed by atoms with van der Waals surface area (Å²) in [4.78, 5) is 12.2. The van der Waals surface area contributed by atoms with Gasteiger partial charge in [-0.15, -0.1) is 0 Å². The van der Waals surface area contributed by atoms with Crippen LogP contribution in [0.25, 0.3) is 0 Å². The molecule has 1 aromatic heterocycles. The average molecular weight is 360 g/mol. The Morgan fingerprint density at radius 1 is 1.62 bits per heavy atom. The molecule has 0 aromatic carbocycles. The molecule has 6 nitrogen and oxygen atoms in total. The molecule has 1 aliphatic heterocycles. The Kier molecular flexibility index (Phi) is 5.40. The third-order valence-electron chi connectivity index (χ3n) is 3.55. The molecule has 1 saturated heterocycles. The first-order chi connectivity index (χ1) is 9.93. The zero-order chi connectivity index (χ0) is 15.5. The molecular weight excluding hydrogens is 338 g/mol. The second-order valence-electron chi connectivity index (χ2n) is 5.84. The minimum absolute atomic E-state index is 0.136. The molecule has 0 radical (unpaired) electrons.